The van der Waals surface area contributed by atoms with Crippen LogP contribution in [0.15, 0.2) is 0 Å². The van der Waals surface area contributed by atoms with Crippen LogP contribution in [0.5, 0.6) is 0 Å². The summed E-state index contributed by atoms with van der Waals surface area (Å²) in [6, 6.07) is 0. The first kappa shape index (κ1) is 12.8. The van der Waals surface area contributed by atoms with E-state index in [1.165, 1.54) is 25.4 Å². The molecule has 17 heavy (non-hydrogen) atoms. The summed E-state index contributed by atoms with van der Waals surface area (Å²) in [5, 5.41) is 1.31. The molecular weight excluding hydrogens is 248 g/mol. The number of aryl methyl sites for hydroxylation is 2. The molecule has 0 aromatic carbocycles. The zero-order chi connectivity index (χ0) is 13.0. The van der Waals surface area contributed by atoms with Crippen LogP contribution in [0, 0.1) is 13.8 Å². The Morgan fingerprint density at radius 2 is 1.65 bits per heavy atom. The van der Waals surface area contributed by atoms with Crippen molar-refractivity contribution in [1.82, 2.24) is 0 Å². The van der Waals surface area contributed by atoms with Crippen molar-refractivity contribution in [1.29, 1.82) is 0 Å². The van der Waals surface area contributed by atoms with Gasteiger partial charge in [0.15, 0.2) is 5.78 Å². The Labute approximate surface area is 110 Å². The zero-order valence-corrected chi connectivity index (χ0v) is 12.9. The van der Waals surface area contributed by atoms with Gasteiger partial charge in [-0.15, -0.1) is 22.7 Å². The Kier molecular flexibility index (Phi) is 2.95. The second-order valence-corrected chi connectivity index (χ2v) is 7.88. The summed E-state index contributed by atoms with van der Waals surface area (Å²) in [5.74, 6) is 0.188. The van der Waals surface area contributed by atoms with Crippen LogP contribution < -0.4 is 0 Å². The maximum Gasteiger partial charge on any atom is 0.170 e. The summed E-state index contributed by atoms with van der Waals surface area (Å²) < 4.78 is 1.30. The minimum Gasteiger partial charge on any atom is -0.294 e. The summed E-state index contributed by atoms with van der Waals surface area (Å²) in [4.78, 5) is 13.9. The smallest absolute Gasteiger partial charge is 0.170 e. The lowest BCUT2D eigenvalue weighted by Gasteiger charge is -2.17. The van der Waals surface area contributed by atoms with Crippen molar-refractivity contribution in [3.05, 3.63) is 20.9 Å². The number of carbonyl (C=O) groups is 1. The summed E-state index contributed by atoms with van der Waals surface area (Å²) in [7, 11) is 0. The van der Waals surface area contributed by atoms with Gasteiger partial charge < -0.3 is 0 Å². The van der Waals surface area contributed by atoms with Gasteiger partial charge in [-0.1, -0.05) is 20.8 Å². The molecule has 92 valence electrons. The van der Waals surface area contributed by atoms with E-state index in [0.717, 1.165) is 4.88 Å². The van der Waals surface area contributed by atoms with Gasteiger partial charge in [0.1, 0.15) is 0 Å². The summed E-state index contributed by atoms with van der Waals surface area (Å²) in [6.45, 7) is 12.6. The molecule has 2 aromatic heterocycles. The summed E-state index contributed by atoms with van der Waals surface area (Å²) in [6.07, 6.45) is 0. The standard InChI is InChI=1S/C14H18OS2/c1-7-10-8(2)12(14(4,5)6)17-13(10)16-11(7)9(3)15/h1-6H3. The molecule has 0 amide bonds. The van der Waals surface area contributed by atoms with Crippen LogP contribution in [0.25, 0.3) is 9.40 Å². The number of rotatable bonds is 1. The van der Waals surface area contributed by atoms with Gasteiger partial charge in [-0.2, -0.15) is 0 Å². The molecule has 0 atom stereocenters. The van der Waals surface area contributed by atoms with Crippen LogP contribution in [-0.4, -0.2) is 5.78 Å². The molecule has 0 N–H and O–H groups in total. The second kappa shape index (κ2) is 3.92. The third kappa shape index (κ3) is 1.95. The van der Waals surface area contributed by atoms with Gasteiger partial charge in [0.05, 0.1) is 8.89 Å². The van der Waals surface area contributed by atoms with Gasteiger partial charge in [0.2, 0.25) is 0 Å². The lowest BCUT2D eigenvalue weighted by Crippen LogP contribution is -2.10. The fourth-order valence-electron chi connectivity index (χ4n) is 2.33. The van der Waals surface area contributed by atoms with Gasteiger partial charge in [0.25, 0.3) is 0 Å². The quantitative estimate of drug-likeness (QED) is 0.658. The van der Waals surface area contributed by atoms with Crippen molar-refractivity contribution in [2.45, 2.75) is 47.0 Å². The fourth-order valence-corrected chi connectivity index (χ4v) is 5.14. The fraction of sp³-hybridized carbons (Fsp3) is 0.500. The lowest BCUT2D eigenvalue weighted by molar-refractivity contribution is 0.102. The normalized spacial score (nSPS) is 12.4. The summed E-state index contributed by atoms with van der Waals surface area (Å²) >= 11 is 3.50. The molecule has 0 radical (unpaired) electrons. The molecule has 0 aliphatic carbocycles. The van der Waals surface area contributed by atoms with Crippen molar-refractivity contribution in [2.75, 3.05) is 0 Å². The van der Waals surface area contributed by atoms with E-state index in [9.17, 15) is 4.79 Å². The third-order valence-corrected chi connectivity index (χ3v) is 6.23. The van der Waals surface area contributed by atoms with Crippen molar-refractivity contribution in [3.8, 4) is 0 Å². The Morgan fingerprint density at radius 1 is 1.06 bits per heavy atom. The van der Waals surface area contributed by atoms with Crippen molar-refractivity contribution in [3.63, 3.8) is 0 Å². The topological polar surface area (TPSA) is 17.1 Å². The third-order valence-electron chi connectivity index (χ3n) is 3.03. The molecule has 2 heterocycles. The van der Waals surface area contributed by atoms with E-state index in [-0.39, 0.29) is 11.2 Å². The van der Waals surface area contributed by atoms with Crippen LogP contribution in [-0.2, 0) is 5.41 Å². The Bertz CT molecular complexity index is 594. The highest BCUT2D eigenvalue weighted by Gasteiger charge is 2.24. The van der Waals surface area contributed by atoms with E-state index in [4.69, 9.17) is 0 Å². The molecular formula is C14H18OS2. The first-order valence-corrected chi connectivity index (χ1v) is 7.40. The van der Waals surface area contributed by atoms with Gasteiger partial charge in [0, 0.05) is 10.3 Å². The Morgan fingerprint density at radius 3 is 2.06 bits per heavy atom. The number of ketones is 1. The van der Waals surface area contributed by atoms with E-state index in [2.05, 4.69) is 34.6 Å². The average Bonchev–Trinajstić information content (AvgIpc) is 2.65. The predicted molar refractivity (Wildman–Crippen MR) is 77.9 cm³/mol. The predicted octanol–water partition coefficient (Wildman–Crippen LogP) is 5.08. The molecule has 1 nitrogen and oxygen atoms in total. The Hall–Kier alpha value is -0.670. The average molecular weight is 266 g/mol. The molecule has 0 unspecified atom stereocenters. The molecule has 0 fully saturated rings. The Balaban J connectivity index is 2.76. The number of carbonyl (C=O) groups excluding carboxylic acids is 1. The maximum atomic E-state index is 11.5. The molecule has 0 aliphatic rings. The van der Waals surface area contributed by atoms with Crippen LogP contribution in [0.2, 0.25) is 0 Å². The molecule has 0 bridgehead atoms. The van der Waals surface area contributed by atoms with E-state index in [1.807, 2.05) is 11.3 Å². The van der Waals surface area contributed by atoms with Crippen LogP contribution in [0.4, 0.5) is 0 Å². The van der Waals surface area contributed by atoms with Gasteiger partial charge in [-0.05, 0) is 37.3 Å². The lowest BCUT2D eigenvalue weighted by atomic mass is 9.91. The molecule has 0 saturated heterocycles. The molecule has 0 aliphatic heterocycles. The molecule has 0 saturated carbocycles. The number of Topliss-reactive ketones (excluding diaryl/α,β-unsaturated/α-hetero) is 1. The van der Waals surface area contributed by atoms with Crippen molar-refractivity contribution >= 4 is 37.9 Å². The van der Waals surface area contributed by atoms with E-state index in [1.54, 1.807) is 18.3 Å². The molecule has 2 rings (SSSR count). The zero-order valence-electron chi connectivity index (χ0n) is 11.2. The largest absolute Gasteiger partial charge is 0.294 e. The molecule has 3 heteroatoms. The van der Waals surface area contributed by atoms with Gasteiger partial charge in [-0.25, -0.2) is 0 Å². The number of thiophene rings is 2. The number of hydrogen-bond donors (Lipinski definition) is 0. The maximum absolute atomic E-state index is 11.5. The van der Waals surface area contributed by atoms with Crippen LogP contribution >= 0.6 is 22.7 Å². The minimum atomic E-state index is 0.188. The molecule has 2 aromatic rings. The van der Waals surface area contributed by atoms with Crippen molar-refractivity contribution < 1.29 is 4.79 Å². The van der Waals surface area contributed by atoms with Gasteiger partial charge >= 0.3 is 0 Å². The first-order valence-electron chi connectivity index (χ1n) is 5.77. The number of hydrogen-bond acceptors (Lipinski definition) is 3. The SMILES string of the molecule is CC(=O)c1sc2sc(C(C)(C)C)c(C)c2c1C. The van der Waals surface area contributed by atoms with Gasteiger partial charge in [-0.3, -0.25) is 4.79 Å². The highest BCUT2D eigenvalue weighted by molar-refractivity contribution is 7.39. The summed E-state index contributed by atoms with van der Waals surface area (Å²) in [5.41, 5.74) is 2.72. The van der Waals surface area contributed by atoms with E-state index < -0.39 is 0 Å². The minimum absolute atomic E-state index is 0.188. The number of fused-ring (bicyclic) bond motifs is 1. The highest BCUT2D eigenvalue weighted by Crippen LogP contribution is 2.44. The van der Waals surface area contributed by atoms with E-state index >= 15 is 0 Å². The molecule has 0 spiro atoms. The van der Waals surface area contributed by atoms with Crippen LogP contribution in [0.3, 0.4) is 0 Å². The monoisotopic (exact) mass is 266 g/mol. The van der Waals surface area contributed by atoms with Crippen molar-refractivity contribution in [2.24, 2.45) is 0 Å². The second-order valence-electron chi connectivity index (χ2n) is 5.58. The first-order chi connectivity index (χ1) is 7.73. The van der Waals surface area contributed by atoms with Crippen LogP contribution in [0.1, 0.15) is 53.4 Å². The van der Waals surface area contributed by atoms with E-state index in [0.29, 0.717) is 0 Å². The highest BCUT2D eigenvalue weighted by atomic mass is 32.2.